The minimum absolute atomic E-state index is 1.09. The van der Waals surface area contributed by atoms with Gasteiger partial charge >= 0.3 is 0 Å². The second-order valence-corrected chi connectivity index (χ2v) is 16.2. The first-order valence-corrected chi connectivity index (χ1v) is 21.3. The quantitative estimate of drug-likeness (QED) is 0.139. The van der Waals surface area contributed by atoms with Crippen LogP contribution in [0.2, 0.25) is 0 Å². The standard InChI is InChI=1S/C60H40N2/c1-2-11-41(12-3-1)42-25-27-43(28-26-42)44-31-35-51(36-32-44)61(52-37-33-46(34-38-52)56-22-8-14-45-13-4-5-21-55(45)56)53-19-6-17-49(39-53)50-18-7-20-54(40-50)62-57-23-9-15-47-29-30-48-16-10-24-58(62)60(48)59(47)57/h1-40H. The molecule has 0 N–H and O–H groups in total. The average molecular weight is 789 g/mol. The van der Waals surface area contributed by atoms with E-state index in [4.69, 9.17) is 0 Å². The van der Waals surface area contributed by atoms with E-state index in [-0.39, 0.29) is 0 Å². The number of benzene rings is 11. The van der Waals surface area contributed by atoms with Crippen molar-refractivity contribution in [2.75, 3.05) is 4.90 Å². The summed E-state index contributed by atoms with van der Waals surface area (Å²) in [6.45, 7) is 0. The normalized spacial score (nSPS) is 11.5. The molecule has 0 aliphatic rings. The van der Waals surface area contributed by atoms with Gasteiger partial charge in [0, 0.05) is 33.5 Å². The fourth-order valence-corrected chi connectivity index (χ4v) is 9.55. The van der Waals surface area contributed by atoms with Crippen molar-refractivity contribution in [2.24, 2.45) is 0 Å². The molecule has 2 heteroatoms. The Balaban J connectivity index is 0.942. The van der Waals surface area contributed by atoms with Crippen LogP contribution in [0, 0.1) is 0 Å². The molecule has 0 fully saturated rings. The minimum atomic E-state index is 1.09. The Morgan fingerprint density at radius 2 is 0.742 bits per heavy atom. The summed E-state index contributed by atoms with van der Waals surface area (Å²) in [5.41, 5.74) is 16.5. The predicted molar refractivity (Wildman–Crippen MR) is 263 cm³/mol. The monoisotopic (exact) mass is 788 g/mol. The van der Waals surface area contributed by atoms with Gasteiger partial charge < -0.3 is 9.47 Å². The highest BCUT2D eigenvalue weighted by molar-refractivity contribution is 6.24. The topological polar surface area (TPSA) is 8.17 Å². The van der Waals surface area contributed by atoms with Gasteiger partial charge in [0.05, 0.1) is 11.0 Å². The van der Waals surface area contributed by atoms with Crippen LogP contribution in [0.3, 0.4) is 0 Å². The third kappa shape index (κ3) is 6.12. The van der Waals surface area contributed by atoms with Crippen molar-refractivity contribution in [3.8, 4) is 50.2 Å². The largest absolute Gasteiger partial charge is 0.310 e. The summed E-state index contributed by atoms with van der Waals surface area (Å²) in [5.74, 6) is 0. The van der Waals surface area contributed by atoms with Gasteiger partial charge in [-0.05, 0) is 127 Å². The van der Waals surface area contributed by atoms with Crippen molar-refractivity contribution in [2.45, 2.75) is 0 Å². The van der Waals surface area contributed by atoms with Crippen LogP contribution >= 0.6 is 0 Å². The maximum atomic E-state index is 2.43. The summed E-state index contributed by atoms with van der Waals surface area (Å²) in [5, 5.41) is 7.69. The maximum absolute atomic E-state index is 2.43. The van der Waals surface area contributed by atoms with Crippen LogP contribution < -0.4 is 4.90 Å². The summed E-state index contributed by atoms with van der Waals surface area (Å²) in [4.78, 5) is 2.38. The number of nitrogens with zero attached hydrogens (tertiary/aromatic N) is 2. The van der Waals surface area contributed by atoms with E-state index >= 15 is 0 Å². The highest BCUT2D eigenvalue weighted by Gasteiger charge is 2.18. The van der Waals surface area contributed by atoms with Crippen molar-refractivity contribution in [3.63, 3.8) is 0 Å². The van der Waals surface area contributed by atoms with Crippen LogP contribution in [0.15, 0.2) is 243 Å². The molecule has 0 bridgehead atoms. The van der Waals surface area contributed by atoms with Crippen LogP contribution in [0.25, 0.3) is 93.5 Å². The lowest BCUT2D eigenvalue weighted by molar-refractivity contribution is 1.18. The highest BCUT2D eigenvalue weighted by atomic mass is 15.1. The summed E-state index contributed by atoms with van der Waals surface area (Å²) in [6, 6.07) is 88.4. The fourth-order valence-electron chi connectivity index (χ4n) is 9.55. The molecule has 1 aromatic heterocycles. The lowest BCUT2D eigenvalue weighted by Gasteiger charge is -2.26. The van der Waals surface area contributed by atoms with E-state index in [2.05, 4.69) is 252 Å². The molecule has 0 atom stereocenters. The Kier molecular flexibility index (Phi) is 8.53. The predicted octanol–water partition coefficient (Wildman–Crippen LogP) is 16.7. The maximum Gasteiger partial charge on any atom is 0.0547 e. The molecule has 12 aromatic rings. The molecule has 0 aliphatic heterocycles. The Labute approximate surface area is 361 Å². The molecule has 0 saturated heterocycles. The zero-order valence-electron chi connectivity index (χ0n) is 34.0. The van der Waals surface area contributed by atoms with Crippen LogP contribution in [0.5, 0.6) is 0 Å². The van der Waals surface area contributed by atoms with Crippen LogP contribution in [0.4, 0.5) is 17.1 Å². The van der Waals surface area contributed by atoms with Gasteiger partial charge in [0.1, 0.15) is 0 Å². The van der Waals surface area contributed by atoms with Gasteiger partial charge in [0.2, 0.25) is 0 Å². The van der Waals surface area contributed by atoms with Gasteiger partial charge in [0.15, 0.2) is 0 Å². The average Bonchev–Trinajstić information content (AvgIpc) is 3.70. The number of hydrogen-bond acceptors (Lipinski definition) is 1. The van der Waals surface area contributed by atoms with E-state index in [1.807, 2.05) is 0 Å². The molecular weight excluding hydrogens is 749 g/mol. The molecule has 0 amide bonds. The Bertz CT molecular complexity index is 3470. The molecule has 12 rings (SSSR count). The smallest absolute Gasteiger partial charge is 0.0547 e. The summed E-state index contributed by atoms with van der Waals surface area (Å²) >= 11 is 0. The lowest BCUT2D eigenvalue weighted by atomic mass is 9.98. The first-order valence-electron chi connectivity index (χ1n) is 21.3. The molecular formula is C60H40N2. The van der Waals surface area contributed by atoms with Crippen molar-refractivity contribution < 1.29 is 0 Å². The molecule has 0 radical (unpaired) electrons. The third-order valence-electron chi connectivity index (χ3n) is 12.5. The molecule has 0 aliphatic carbocycles. The zero-order valence-corrected chi connectivity index (χ0v) is 34.0. The molecule has 0 spiro atoms. The molecule has 0 unspecified atom stereocenters. The number of hydrogen-bond donors (Lipinski definition) is 0. The van der Waals surface area contributed by atoms with Crippen molar-refractivity contribution >= 4 is 60.4 Å². The Morgan fingerprint density at radius 3 is 1.40 bits per heavy atom. The fraction of sp³-hybridized carbons (Fsp3) is 0. The molecule has 0 saturated carbocycles. The lowest BCUT2D eigenvalue weighted by Crippen LogP contribution is -2.10. The van der Waals surface area contributed by atoms with E-state index in [9.17, 15) is 0 Å². The van der Waals surface area contributed by atoms with Gasteiger partial charge in [0.25, 0.3) is 0 Å². The highest BCUT2D eigenvalue weighted by Crippen LogP contribution is 2.42. The van der Waals surface area contributed by atoms with Crippen molar-refractivity contribution in [1.82, 2.24) is 4.57 Å². The molecule has 1 heterocycles. The second-order valence-electron chi connectivity index (χ2n) is 16.2. The third-order valence-corrected chi connectivity index (χ3v) is 12.5. The van der Waals surface area contributed by atoms with Gasteiger partial charge in [-0.25, -0.2) is 0 Å². The number of anilines is 3. The van der Waals surface area contributed by atoms with Gasteiger partial charge in [-0.1, -0.05) is 182 Å². The van der Waals surface area contributed by atoms with Crippen LogP contribution in [-0.4, -0.2) is 4.57 Å². The van der Waals surface area contributed by atoms with Gasteiger partial charge in [-0.2, -0.15) is 0 Å². The van der Waals surface area contributed by atoms with E-state index in [0.29, 0.717) is 0 Å². The van der Waals surface area contributed by atoms with Crippen molar-refractivity contribution in [3.05, 3.63) is 243 Å². The van der Waals surface area contributed by atoms with Gasteiger partial charge in [-0.3, -0.25) is 0 Å². The summed E-state index contributed by atoms with van der Waals surface area (Å²) in [6.07, 6.45) is 0. The number of aromatic nitrogens is 1. The number of rotatable bonds is 8. The van der Waals surface area contributed by atoms with Crippen LogP contribution in [0.1, 0.15) is 0 Å². The molecule has 62 heavy (non-hydrogen) atoms. The summed E-state index contributed by atoms with van der Waals surface area (Å²) in [7, 11) is 0. The Morgan fingerprint density at radius 1 is 0.274 bits per heavy atom. The van der Waals surface area contributed by atoms with E-state index in [1.165, 1.54) is 82.3 Å². The molecule has 2 nitrogen and oxygen atoms in total. The number of fused-ring (bicyclic) bond motifs is 1. The minimum Gasteiger partial charge on any atom is -0.310 e. The van der Waals surface area contributed by atoms with Gasteiger partial charge in [-0.15, -0.1) is 0 Å². The summed E-state index contributed by atoms with van der Waals surface area (Å²) < 4.78 is 2.43. The van der Waals surface area contributed by atoms with E-state index < -0.39 is 0 Å². The van der Waals surface area contributed by atoms with E-state index in [0.717, 1.165) is 28.3 Å². The molecule has 290 valence electrons. The van der Waals surface area contributed by atoms with Crippen LogP contribution in [-0.2, 0) is 0 Å². The first kappa shape index (κ1) is 35.7. The van der Waals surface area contributed by atoms with E-state index in [1.54, 1.807) is 0 Å². The first-order chi connectivity index (χ1) is 30.7. The Hall–Kier alpha value is -8.20. The van der Waals surface area contributed by atoms with Crippen molar-refractivity contribution in [1.29, 1.82) is 0 Å². The second kappa shape index (κ2) is 14.8. The SMILES string of the molecule is c1ccc(-c2ccc(-c3ccc(N(c4ccc(-c5cccc6ccccc56)cc4)c4cccc(-c5cccc(-n6c7cccc8ccc9cccc6c9c87)c5)c4)cc3)cc2)cc1. The zero-order chi connectivity index (χ0) is 41.0. The molecule has 11 aromatic carbocycles.